The molecule has 7 heteroatoms. The van der Waals surface area contributed by atoms with Gasteiger partial charge in [-0.3, -0.25) is 0 Å². The molecule has 0 bridgehead atoms. The highest BCUT2D eigenvalue weighted by atomic mass is 16.5. The summed E-state index contributed by atoms with van der Waals surface area (Å²) in [6, 6.07) is 7.53. The summed E-state index contributed by atoms with van der Waals surface area (Å²) < 4.78 is 10.6. The van der Waals surface area contributed by atoms with Gasteiger partial charge < -0.3 is 25.0 Å². The van der Waals surface area contributed by atoms with E-state index in [1.54, 1.807) is 14.2 Å². The minimum atomic E-state index is 0.611. The van der Waals surface area contributed by atoms with Gasteiger partial charge in [0.1, 0.15) is 5.82 Å². The van der Waals surface area contributed by atoms with E-state index in [1.165, 1.54) is 0 Å². The van der Waals surface area contributed by atoms with Gasteiger partial charge in [0.05, 0.1) is 14.2 Å². The molecule has 0 radical (unpaired) electrons. The van der Waals surface area contributed by atoms with Gasteiger partial charge in [-0.05, 0) is 33.2 Å². The maximum atomic E-state index is 5.32. The molecule has 0 fully saturated rings. The Morgan fingerprint density at radius 2 is 1.79 bits per heavy atom. The molecular weight excluding hydrogens is 306 g/mol. The van der Waals surface area contributed by atoms with Crippen molar-refractivity contribution in [2.75, 3.05) is 52.0 Å². The Morgan fingerprint density at radius 3 is 2.46 bits per heavy atom. The number of nitrogens with zero attached hydrogens (tertiary/aromatic N) is 3. The average molecular weight is 331 g/mol. The lowest BCUT2D eigenvalue weighted by Gasteiger charge is -2.13. The molecule has 0 amide bonds. The minimum absolute atomic E-state index is 0.611. The number of benzene rings is 1. The van der Waals surface area contributed by atoms with E-state index in [2.05, 4.69) is 25.5 Å². The normalized spacial score (nSPS) is 10.6. The molecule has 0 aliphatic heterocycles. The number of hydrogen-bond acceptors (Lipinski definition) is 7. The van der Waals surface area contributed by atoms with Gasteiger partial charge in [-0.1, -0.05) is 0 Å². The zero-order chi connectivity index (χ0) is 17.5. The fraction of sp³-hybridized carbons (Fsp3) is 0.412. The van der Waals surface area contributed by atoms with Gasteiger partial charge >= 0.3 is 0 Å². The van der Waals surface area contributed by atoms with Crippen LogP contribution in [0.1, 0.15) is 5.69 Å². The molecule has 1 aromatic carbocycles. The first kappa shape index (κ1) is 17.8. The first-order valence-electron chi connectivity index (χ1n) is 7.75. The van der Waals surface area contributed by atoms with E-state index in [0.717, 1.165) is 30.3 Å². The van der Waals surface area contributed by atoms with Gasteiger partial charge in [0.15, 0.2) is 11.5 Å². The second kappa shape index (κ2) is 8.35. The summed E-state index contributed by atoms with van der Waals surface area (Å²) in [7, 11) is 7.29. The Kier molecular flexibility index (Phi) is 6.20. The number of aromatic nitrogens is 2. The van der Waals surface area contributed by atoms with Crippen molar-refractivity contribution in [1.82, 2.24) is 14.9 Å². The monoisotopic (exact) mass is 331 g/mol. The number of nitrogens with one attached hydrogen (secondary N) is 2. The van der Waals surface area contributed by atoms with E-state index < -0.39 is 0 Å². The topological polar surface area (TPSA) is 71.5 Å². The predicted octanol–water partition coefficient (Wildman–Crippen LogP) is 2.52. The molecule has 0 spiro atoms. The van der Waals surface area contributed by atoms with Crippen LogP contribution in [0.15, 0.2) is 24.3 Å². The molecule has 130 valence electrons. The molecule has 24 heavy (non-hydrogen) atoms. The number of rotatable bonds is 8. The van der Waals surface area contributed by atoms with Gasteiger partial charge in [0, 0.05) is 36.6 Å². The van der Waals surface area contributed by atoms with E-state index in [0.29, 0.717) is 17.4 Å². The zero-order valence-electron chi connectivity index (χ0n) is 14.9. The summed E-state index contributed by atoms with van der Waals surface area (Å²) in [5.74, 6) is 2.69. The van der Waals surface area contributed by atoms with Crippen molar-refractivity contribution in [3.05, 3.63) is 30.0 Å². The maximum absolute atomic E-state index is 5.32. The Labute approximate surface area is 143 Å². The Hall–Kier alpha value is -2.54. The van der Waals surface area contributed by atoms with Crippen LogP contribution in [-0.4, -0.2) is 56.3 Å². The number of ether oxygens (including phenoxy) is 2. The first-order valence-corrected chi connectivity index (χ1v) is 7.75. The summed E-state index contributed by atoms with van der Waals surface area (Å²) in [6.45, 7) is 3.64. The lowest BCUT2D eigenvalue weighted by molar-refractivity contribution is 0.355. The van der Waals surface area contributed by atoms with Crippen molar-refractivity contribution >= 4 is 17.5 Å². The van der Waals surface area contributed by atoms with Gasteiger partial charge in [-0.15, -0.1) is 0 Å². The van der Waals surface area contributed by atoms with Crippen molar-refractivity contribution in [3.8, 4) is 11.5 Å². The van der Waals surface area contributed by atoms with Crippen molar-refractivity contribution < 1.29 is 9.47 Å². The van der Waals surface area contributed by atoms with Crippen molar-refractivity contribution in [3.63, 3.8) is 0 Å². The molecule has 0 saturated carbocycles. The fourth-order valence-corrected chi connectivity index (χ4v) is 2.16. The molecule has 2 rings (SSSR count). The summed E-state index contributed by atoms with van der Waals surface area (Å²) in [6.07, 6.45) is 0. The van der Waals surface area contributed by atoms with Crippen molar-refractivity contribution in [1.29, 1.82) is 0 Å². The van der Waals surface area contributed by atoms with Gasteiger partial charge in [-0.2, -0.15) is 4.98 Å². The second-order valence-electron chi connectivity index (χ2n) is 5.64. The van der Waals surface area contributed by atoms with Crippen LogP contribution in [0.5, 0.6) is 11.5 Å². The molecule has 2 aromatic rings. The SMILES string of the molecule is COc1ccc(Nc2cc(C)nc(NCCN(C)C)n2)cc1OC. The number of likely N-dealkylation sites (N-methyl/N-ethyl adjacent to an activating group) is 1. The summed E-state index contributed by atoms with van der Waals surface area (Å²) in [4.78, 5) is 11.0. The second-order valence-corrected chi connectivity index (χ2v) is 5.64. The Balaban J connectivity index is 2.13. The van der Waals surface area contributed by atoms with Crippen LogP contribution in [0.2, 0.25) is 0 Å². The summed E-state index contributed by atoms with van der Waals surface area (Å²) in [5, 5.41) is 6.51. The van der Waals surface area contributed by atoms with Crippen LogP contribution in [0.3, 0.4) is 0 Å². The Bertz CT molecular complexity index is 676. The minimum Gasteiger partial charge on any atom is -0.493 e. The van der Waals surface area contributed by atoms with Gasteiger partial charge in [0.25, 0.3) is 0 Å². The molecule has 0 atom stereocenters. The van der Waals surface area contributed by atoms with Crippen molar-refractivity contribution in [2.24, 2.45) is 0 Å². The molecule has 0 unspecified atom stereocenters. The third kappa shape index (κ3) is 4.99. The summed E-state index contributed by atoms with van der Waals surface area (Å²) in [5.41, 5.74) is 1.75. The van der Waals surface area contributed by atoms with Crippen LogP contribution < -0.4 is 20.1 Å². The van der Waals surface area contributed by atoms with E-state index in [4.69, 9.17) is 9.47 Å². The molecule has 1 heterocycles. The number of methoxy groups -OCH3 is 2. The molecular formula is C17H25N5O2. The van der Waals surface area contributed by atoms with Crippen LogP contribution >= 0.6 is 0 Å². The number of aryl methyl sites for hydroxylation is 1. The predicted molar refractivity (Wildman–Crippen MR) is 96.6 cm³/mol. The van der Waals surface area contributed by atoms with Crippen LogP contribution in [0.4, 0.5) is 17.5 Å². The van der Waals surface area contributed by atoms with Crippen LogP contribution in [0, 0.1) is 6.92 Å². The quantitative estimate of drug-likeness (QED) is 0.770. The standard InChI is InChI=1S/C17H25N5O2/c1-12-10-16(21-17(19-12)18-8-9-22(2)3)20-13-6-7-14(23-4)15(11-13)24-5/h6-7,10-11H,8-9H2,1-5H3,(H2,18,19,20,21). The highest BCUT2D eigenvalue weighted by molar-refractivity contribution is 5.62. The van der Waals surface area contributed by atoms with Crippen LogP contribution in [0.25, 0.3) is 0 Å². The molecule has 1 aromatic heterocycles. The molecule has 0 aliphatic carbocycles. The molecule has 2 N–H and O–H groups in total. The third-order valence-electron chi connectivity index (χ3n) is 3.35. The maximum Gasteiger partial charge on any atom is 0.224 e. The third-order valence-corrected chi connectivity index (χ3v) is 3.35. The van der Waals surface area contributed by atoms with Crippen molar-refractivity contribution in [2.45, 2.75) is 6.92 Å². The van der Waals surface area contributed by atoms with E-state index in [9.17, 15) is 0 Å². The number of anilines is 3. The van der Waals surface area contributed by atoms with Crippen LogP contribution in [-0.2, 0) is 0 Å². The highest BCUT2D eigenvalue weighted by Crippen LogP contribution is 2.30. The highest BCUT2D eigenvalue weighted by Gasteiger charge is 2.07. The first-order chi connectivity index (χ1) is 11.5. The van der Waals surface area contributed by atoms with E-state index in [1.807, 2.05) is 45.3 Å². The lowest BCUT2D eigenvalue weighted by atomic mass is 10.2. The average Bonchev–Trinajstić information content (AvgIpc) is 2.53. The van der Waals surface area contributed by atoms with Gasteiger partial charge in [0.2, 0.25) is 5.95 Å². The van der Waals surface area contributed by atoms with E-state index in [-0.39, 0.29) is 0 Å². The smallest absolute Gasteiger partial charge is 0.224 e. The summed E-state index contributed by atoms with van der Waals surface area (Å²) >= 11 is 0. The molecule has 0 aliphatic rings. The van der Waals surface area contributed by atoms with Gasteiger partial charge in [-0.25, -0.2) is 4.98 Å². The lowest BCUT2D eigenvalue weighted by Crippen LogP contribution is -2.21. The fourth-order valence-electron chi connectivity index (χ4n) is 2.16. The number of hydrogen-bond donors (Lipinski definition) is 2. The molecule has 7 nitrogen and oxygen atoms in total. The Morgan fingerprint density at radius 1 is 1.04 bits per heavy atom. The van der Waals surface area contributed by atoms with E-state index >= 15 is 0 Å². The molecule has 0 saturated heterocycles. The zero-order valence-corrected chi connectivity index (χ0v) is 14.9. The largest absolute Gasteiger partial charge is 0.493 e.